The van der Waals surface area contributed by atoms with Gasteiger partial charge in [-0.25, -0.2) is 14.4 Å². The molecule has 1 heterocycles. The highest BCUT2D eigenvalue weighted by molar-refractivity contribution is 5.83. The molecule has 0 unspecified atom stereocenters. The molecule has 0 spiro atoms. The molecule has 1 saturated carbocycles. The second kappa shape index (κ2) is 6.58. The molecule has 1 N–H and O–H groups in total. The van der Waals surface area contributed by atoms with Crippen molar-refractivity contribution >= 4 is 18.0 Å². The quantitative estimate of drug-likeness (QED) is 0.728. The average molecular weight is 343 g/mol. The van der Waals surface area contributed by atoms with Crippen LogP contribution in [0.15, 0.2) is 0 Å². The Morgan fingerprint density at radius 1 is 1.25 bits per heavy atom. The van der Waals surface area contributed by atoms with E-state index in [0.717, 1.165) is 0 Å². The molecule has 24 heavy (non-hydrogen) atoms. The molecule has 8 nitrogen and oxygen atoms in total. The van der Waals surface area contributed by atoms with Crippen molar-refractivity contribution in [2.75, 3.05) is 19.8 Å². The average Bonchev–Trinajstić information content (AvgIpc) is 3.01. The molecule has 1 saturated heterocycles. The number of hydrogen-bond donors (Lipinski definition) is 1. The lowest BCUT2D eigenvalue weighted by Gasteiger charge is -2.29. The van der Waals surface area contributed by atoms with Crippen LogP contribution in [-0.2, 0) is 23.8 Å². The first-order chi connectivity index (χ1) is 11.1. The van der Waals surface area contributed by atoms with Gasteiger partial charge in [-0.1, -0.05) is 0 Å². The number of piperidine rings is 1. The number of carbonyl (C=O) groups excluding carboxylic acids is 2. The van der Waals surface area contributed by atoms with Crippen molar-refractivity contribution in [2.24, 2.45) is 5.41 Å². The smallest absolute Gasteiger partial charge is 0.411 e. The lowest BCUT2D eigenvalue weighted by Crippen LogP contribution is -2.46. The predicted molar refractivity (Wildman–Crippen MR) is 82.4 cm³/mol. The maximum absolute atomic E-state index is 12.5. The first-order valence-electron chi connectivity index (χ1n) is 8.07. The van der Waals surface area contributed by atoms with Crippen LogP contribution in [0, 0.1) is 5.41 Å². The number of hydrogen-bond acceptors (Lipinski definition) is 6. The summed E-state index contributed by atoms with van der Waals surface area (Å²) >= 11 is 0. The summed E-state index contributed by atoms with van der Waals surface area (Å²) in [4.78, 5) is 36.7. The molecule has 2 rings (SSSR count). The van der Waals surface area contributed by atoms with Crippen LogP contribution in [0.5, 0.6) is 0 Å². The molecule has 1 amide bonds. The molecule has 0 radical (unpaired) electrons. The van der Waals surface area contributed by atoms with Gasteiger partial charge in [0, 0.05) is 11.5 Å². The zero-order valence-electron chi connectivity index (χ0n) is 14.5. The Kier molecular flexibility index (Phi) is 5.08. The van der Waals surface area contributed by atoms with Crippen LogP contribution in [0.4, 0.5) is 4.79 Å². The Morgan fingerprint density at radius 2 is 1.92 bits per heavy atom. The standard InChI is InChI=1S/C16H25NO7/c1-5-23-13(20)10-6-16(9-22-8-12(18)19)7-11(16)17(10)14(21)24-15(2,3)4/h10-11H,5-9H2,1-4H3,(H,18,19)/t10-,11-,16+/m0/s1. The van der Waals surface area contributed by atoms with E-state index in [1.165, 1.54) is 4.90 Å². The SMILES string of the molecule is CCOC(=O)[C@@H]1C[C@]2(COCC(=O)O)C[C@@H]2N1C(=O)OC(C)(C)C. The second-order valence-corrected chi connectivity index (χ2v) is 7.33. The van der Waals surface area contributed by atoms with Gasteiger partial charge in [-0.2, -0.15) is 0 Å². The third kappa shape index (κ3) is 3.98. The fraction of sp³-hybridized carbons (Fsp3) is 0.812. The van der Waals surface area contributed by atoms with Gasteiger partial charge in [-0.15, -0.1) is 0 Å². The zero-order valence-corrected chi connectivity index (χ0v) is 14.5. The van der Waals surface area contributed by atoms with E-state index in [0.29, 0.717) is 12.8 Å². The summed E-state index contributed by atoms with van der Waals surface area (Å²) in [6, 6.07) is -0.900. The number of carboxylic acid groups (broad SMARTS) is 1. The van der Waals surface area contributed by atoms with Gasteiger partial charge in [0.1, 0.15) is 18.2 Å². The summed E-state index contributed by atoms with van der Waals surface area (Å²) in [6.45, 7) is 7.01. The fourth-order valence-corrected chi connectivity index (χ4v) is 3.20. The lowest BCUT2D eigenvalue weighted by atomic mass is 10.0. The molecule has 2 aliphatic rings. The number of ether oxygens (including phenoxy) is 3. The van der Waals surface area contributed by atoms with Gasteiger partial charge in [0.25, 0.3) is 0 Å². The number of esters is 1. The van der Waals surface area contributed by atoms with Crippen LogP contribution < -0.4 is 0 Å². The largest absolute Gasteiger partial charge is 0.480 e. The number of fused-ring (bicyclic) bond motifs is 1. The van der Waals surface area contributed by atoms with E-state index in [1.54, 1.807) is 27.7 Å². The first kappa shape index (κ1) is 18.5. The van der Waals surface area contributed by atoms with Crippen molar-refractivity contribution in [3.8, 4) is 0 Å². The molecular weight excluding hydrogens is 318 g/mol. The Balaban J connectivity index is 2.09. The van der Waals surface area contributed by atoms with E-state index >= 15 is 0 Å². The molecule has 3 atom stereocenters. The molecule has 8 heteroatoms. The van der Waals surface area contributed by atoms with Crippen LogP contribution in [-0.4, -0.2) is 65.5 Å². The summed E-state index contributed by atoms with van der Waals surface area (Å²) in [5, 5.41) is 8.68. The Morgan fingerprint density at radius 3 is 2.46 bits per heavy atom. The number of nitrogens with zero attached hydrogens (tertiary/aromatic N) is 1. The van der Waals surface area contributed by atoms with Crippen molar-refractivity contribution < 1.29 is 33.7 Å². The fourth-order valence-electron chi connectivity index (χ4n) is 3.20. The Labute approximate surface area is 141 Å². The molecule has 0 aromatic rings. The number of carbonyl (C=O) groups is 3. The van der Waals surface area contributed by atoms with Crippen molar-refractivity contribution in [1.29, 1.82) is 0 Å². The van der Waals surface area contributed by atoms with E-state index < -0.39 is 36.3 Å². The minimum absolute atomic E-state index is 0.185. The minimum Gasteiger partial charge on any atom is -0.480 e. The first-order valence-corrected chi connectivity index (χ1v) is 8.07. The van der Waals surface area contributed by atoms with Gasteiger partial charge >= 0.3 is 18.0 Å². The van der Waals surface area contributed by atoms with Gasteiger partial charge in [0.05, 0.1) is 13.2 Å². The van der Waals surface area contributed by atoms with Crippen molar-refractivity contribution in [1.82, 2.24) is 4.90 Å². The van der Waals surface area contributed by atoms with Gasteiger partial charge < -0.3 is 19.3 Å². The van der Waals surface area contributed by atoms with E-state index in [2.05, 4.69) is 0 Å². The van der Waals surface area contributed by atoms with Gasteiger partial charge in [0.15, 0.2) is 0 Å². The Hall–Kier alpha value is -1.83. The molecule has 0 bridgehead atoms. The third-order valence-corrected chi connectivity index (χ3v) is 4.20. The summed E-state index contributed by atoms with van der Waals surface area (Å²) in [6.07, 6.45) is 0.514. The van der Waals surface area contributed by atoms with Gasteiger partial charge in [-0.05, 0) is 40.5 Å². The number of carboxylic acids is 1. The summed E-state index contributed by atoms with van der Waals surface area (Å²) in [5.74, 6) is -1.51. The number of aliphatic carboxylic acids is 1. The van der Waals surface area contributed by atoms with Crippen LogP contribution in [0.25, 0.3) is 0 Å². The van der Waals surface area contributed by atoms with E-state index in [4.69, 9.17) is 19.3 Å². The number of rotatable bonds is 6. The minimum atomic E-state index is -1.05. The predicted octanol–water partition coefficient (Wildman–Crippen LogP) is 1.42. The van der Waals surface area contributed by atoms with Crippen LogP contribution in [0.2, 0.25) is 0 Å². The summed E-state index contributed by atoms with van der Waals surface area (Å²) < 4.78 is 15.7. The second-order valence-electron chi connectivity index (χ2n) is 7.33. The van der Waals surface area contributed by atoms with Crippen LogP contribution in [0.1, 0.15) is 40.5 Å². The highest BCUT2D eigenvalue weighted by atomic mass is 16.6. The monoisotopic (exact) mass is 343 g/mol. The van der Waals surface area contributed by atoms with Gasteiger partial charge in [-0.3, -0.25) is 4.90 Å². The highest BCUT2D eigenvalue weighted by Gasteiger charge is 2.68. The van der Waals surface area contributed by atoms with Crippen molar-refractivity contribution in [3.05, 3.63) is 0 Å². The normalized spacial score (nSPS) is 28.2. The number of amides is 1. The molecule has 1 aliphatic carbocycles. The molecule has 0 aromatic carbocycles. The molecule has 0 aromatic heterocycles. The molecule has 2 fully saturated rings. The van der Waals surface area contributed by atoms with E-state index in [1.807, 2.05) is 0 Å². The lowest BCUT2D eigenvalue weighted by molar-refractivity contribution is -0.149. The maximum atomic E-state index is 12.5. The van der Waals surface area contributed by atoms with Crippen LogP contribution >= 0.6 is 0 Å². The van der Waals surface area contributed by atoms with Crippen LogP contribution in [0.3, 0.4) is 0 Å². The van der Waals surface area contributed by atoms with Gasteiger partial charge in [0.2, 0.25) is 0 Å². The third-order valence-electron chi connectivity index (χ3n) is 4.20. The maximum Gasteiger partial charge on any atom is 0.411 e. The Bertz CT molecular complexity index is 527. The molecule has 136 valence electrons. The van der Waals surface area contributed by atoms with E-state index in [9.17, 15) is 14.4 Å². The number of likely N-dealkylation sites (tertiary alicyclic amines) is 1. The van der Waals surface area contributed by atoms with Crippen molar-refractivity contribution in [3.63, 3.8) is 0 Å². The van der Waals surface area contributed by atoms with E-state index in [-0.39, 0.29) is 24.7 Å². The van der Waals surface area contributed by atoms with Crippen molar-refractivity contribution in [2.45, 2.75) is 58.2 Å². The summed E-state index contributed by atoms with van der Waals surface area (Å²) in [5.41, 5.74) is -1.06. The summed E-state index contributed by atoms with van der Waals surface area (Å²) in [7, 11) is 0. The molecule has 1 aliphatic heterocycles. The topological polar surface area (TPSA) is 102 Å². The zero-order chi connectivity index (χ0) is 18.1. The highest BCUT2D eigenvalue weighted by Crippen LogP contribution is 2.60. The molecular formula is C16H25NO7.